The van der Waals surface area contributed by atoms with Gasteiger partial charge in [-0.05, 0) is 338 Å². The number of hydrogen-bond donors (Lipinski definition) is 0. The summed E-state index contributed by atoms with van der Waals surface area (Å²) in [4.78, 5) is 181. The van der Waals surface area contributed by atoms with Gasteiger partial charge in [0.1, 0.15) is 5.78 Å². The lowest BCUT2D eigenvalue weighted by molar-refractivity contribution is -0.226. The van der Waals surface area contributed by atoms with Crippen LogP contribution in [0.3, 0.4) is 0 Å². The van der Waals surface area contributed by atoms with Gasteiger partial charge in [0.25, 0.3) is 0 Å². The number of nitrogens with zero attached hydrogens (tertiary/aromatic N) is 7. The van der Waals surface area contributed by atoms with E-state index < -0.39 is 70.9 Å². The molecule has 0 heterocycles. The van der Waals surface area contributed by atoms with Crippen LogP contribution >= 0.6 is 0 Å². The molecular formula is C128H173N7O15. The van der Waals surface area contributed by atoms with Gasteiger partial charge < -0.3 is 33.4 Å². The van der Waals surface area contributed by atoms with Gasteiger partial charge in [-0.3, -0.25) is 38.4 Å². The van der Waals surface area contributed by atoms with Crippen LogP contribution in [-0.2, 0) is 71.7 Å². The average molecular weight is 2050 g/mol. The lowest BCUT2D eigenvalue weighted by Crippen LogP contribution is -2.69. The van der Waals surface area contributed by atoms with E-state index in [2.05, 4.69) is 168 Å². The van der Waals surface area contributed by atoms with E-state index in [4.69, 9.17) is 46.0 Å². The predicted octanol–water partition coefficient (Wildman–Crippen LogP) is 28.1. The second-order valence-electron chi connectivity index (χ2n) is 60.4. The lowest BCUT2D eigenvalue weighted by Gasteiger charge is -2.71. The van der Waals surface area contributed by atoms with E-state index in [1.165, 1.54) is 21.3 Å². The molecule has 20 aliphatic rings. The van der Waals surface area contributed by atoms with Crippen LogP contribution in [0.15, 0.2) is 87.2 Å². The fraction of sp³-hybridized carbons (Fsp3) is 0.766. The van der Waals surface area contributed by atoms with Crippen LogP contribution in [0.25, 0.3) is 29.8 Å². The predicted molar refractivity (Wildman–Crippen MR) is 574 cm³/mol. The molecule has 810 valence electrons. The summed E-state index contributed by atoms with van der Waals surface area (Å²) in [5.41, 5.74) is 4.61. The van der Waals surface area contributed by atoms with Crippen molar-refractivity contribution < 1.29 is 71.7 Å². The number of rotatable bonds is 5. The molecule has 0 unspecified atom stereocenters. The number of amides is 1. The van der Waals surface area contributed by atoms with Crippen molar-refractivity contribution in [3.05, 3.63) is 138 Å². The Morgan fingerprint density at radius 1 is 0.333 bits per heavy atom. The minimum atomic E-state index is -0.791. The molecule has 0 aliphatic heterocycles. The number of fused-ring (bicyclic) bond motifs is 28. The van der Waals surface area contributed by atoms with E-state index in [9.17, 15) is 57.5 Å². The zero-order valence-corrected chi connectivity index (χ0v) is 96.5. The molecule has 20 aliphatic carbocycles. The van der Waals surface area contributed by atoms with E-state index in [1.54, 1.807) is 0 Å². The molecular weight excluding hydrogens is 1880 g/mol. The summed E-state index contributed by atoms with van der Waals surface area (Å²) in [5.74, 6) is -1.20. The number of hydrogen-bond acceptors (Lipinski definition) is 15. The van der Waals surface area contributed by atoms with Crippen molar-refractivity contribution in [2.45, 2.75) is 386 Å². The van der Waals surface area contributed by atoms with Crippen LogP contribution in [0.1, 0.15) is 386 Å². The second-order valence-corrected chi connectivity index (χ2v) is 60.4. The Morgan fingerprint density at radius 2 is 0.627 bits per heavy atom. The largest absolute Gasteiger partial charge is 0.469 e. The molecule has 0 aromatic heterocycles. The standard InChI is InChI=1S/C33H45NO4.C32H45NO4.C32H43NO4.C31H40N4O3/c1-28(2)12-14-33(19-25(36)38-9)15-13-32(7)26(20(33)17-28)22(35)16-24-30(5)18-21(34-8)27(37)29(3,4)23(30)10-11-31(24,32)6;2*1-27(2)12-14-32(26(36)37-9)15-13-31(7)24(19(32)17-27)21(34)16-23-29(5)18-20(33-8)25(35)28(3,4)22(29)10-11-30(23,31)6;1-26(2)11-13-31(25(38)34-35-32)14-12-30(7)23(18(31)16-26)20(36)15-22-28(5)17-19(33-8)24(37)27(3,4)21(28)9-10-29(22,30)6/h16,18,20,23,26H,10-15,17,19H2,1-7,9H3;18-19,22-24H,10-17H2,1-7,9H3;16,18-19,22,24H,10-15,17H2,1-7,9H3;15,17-18,21,23H,9-14,16H2,1-7H3/t20-,23-,26-,30-,31+,32+,33+;19-,22-,23+,24-,29-,30+,31+,32-;19-,22-,24-,29-,30+,31+,32-;18-,21-,23-,28-,29+,30+,31-/m0000/s1. The Bertz CT molecular complexity index is 6370. The minimum Gasteiger partial charge on any atom is -0.469 e. The van der Waals surface area contributed by atoms with Gasteiger partial charge in [-0.15, -0.1) is 0 Å². The Balaban J connectivity index is 0.000000136. The van der Waals surface area contributed by atoms with Crippen molar-refractivity contribution in [3.8, 4) is 0 Å². The summed E-state index contributed by atoms with van der Waals surface area (Å²) in [6.07, 6.45) is 38.1. The van der Waals surface area contributed by atoms with Gasteiger partial charge in [0.05, 0.1) is 64.9 Å². The Labute approximate surface area is 894 Å². The van der Waals surface area contributed by atoms with Crippen LogP contribution in [-0.4, -0.2) is 91.4 Å². The highest BCUT2D eigenvalue weighted by Crippen LogP contribution is 2.83. The van der Waals surface area contributed by atoms with Crippen molar-refractivity contribution >= 4 is 70.1 Å². The average Bonchev–Trinajstić information content (AvgIpc) is 0.679. The van der Waals surface area contributed by atoms with Crippen molar-refractivity contribution in [2.75, 3.05) is 21.3 Å². The Hall–Kier alpha value is -9.11. The van der Waals surface area contributed by atoms with Gasteiger partial charge in [0, 0.05) is 78.3 Å². The zero-order valence-electron chi connectivity index (χ0n) is 96.5. The van der Waals surface area contributed by atoms with Crippen molar-refractivity contribution in [3.63, 3.8) is 0 Å². The fourth-order valence-electron chi connectivity index (χ4n) is 41.5. The van der Waals surface area contributed by atoms with Gasteiger partial charge in [-0.2, -0.15) is 0 Å². The maximum atomic E-state index is 14.4. The third kappa shape index (κ3) is 15.1. The van der Waals surface area contributed by atoms with Crippen molar-refractivity contribution in [2.24, 2.45) is 212 Å². The normalized spacial score (nSPS) is 45.7. The number of allylic oxidation sites excluding steroid dienone is 14. The maximum absolute atomic E-state index is 14.4. The van der Waals surface area contributed by atoms with Crippen LogP contribution in [0.5, 0.6) is 0 Å². The van der Waals surface area contributed by atoms with Gasteiger partial charge in [-0.1, -0.05) is 235 Å². The van der Waals surface area contributed by atoms with Gasteiger partial charge >= 0.3 is 17.9 Å². The van der Waals surface area contributed by atoms with Crippen LogP contribution in [0, 0.1) is 233 Å². The minimum absolute atomic E-state index is 0.00280. The number of methoxy groups -OCH3 is 3. The van der Waals surface area contributed by atoms with Crippen LogP contribution in [0.4, 0.5) is 0 Å². The molecule has 0 spiro atoms. The summed E-state index contributed by atoms with van der Waals surface area (Å²) in [7, 11) is 4.45. The van der Waals surface area contributed by atoms with E-state index in [0.717, 1.165) is 177 Å². The molecule has 0 bridgehead atoms. The number of ether oxygens (including phenoxy) is 3. The molecule has 22 heteroatoms. The fourth-order valence-corrected chi connectivity index (χ4v) is 41.5. The first-order valence-corrected chi connectivity index (χ1v) is 56.9. The first-order valence-electron chi connectivity index (χ1n) is 56.9. The van der Waals surface area contributed by atoms with Gasteiger partial charge in [0.15, 0.2) is 40.5 Å². The number of carbonyl (C=O) groups excluding carboxylic acids is 12. The molecule has 150 heavy (non-hydrogen) atoms. The van der Waals surface area contributed by atoms with E-state index in [-0.39, 0.29) is 229 Å². The van der Waals surface area contributed by atoms with E-state index >= 15 is 0 Å². The van der Waals surface area contributed by atoms with Gasteiger partial charge in [-0.25, -0.2) is 19.4 Å². The quantitative estimate of drug-likeness (QED) is 0.0617. The molecule has 20 rings (SSSR count). The summed E-state index contributed by atoms with van der Waals surface area (Å²) >= 11 is 0. The SMILES string of the molecule is [C-]#[N+]C1=C[C@]2(C)C3=CC(=O)[C@@H]4[C@@H]5CC(C)(C)CC[C@]5(C(=O)N=[N+]=[N-])CC[C@@]4(C)[C@]3(C)CC[C@H]2C(C)(C)C1=O.[C-]#[N+]C1=C[C@]2(C)C3=CC(=O)[C@@H]4[C@@H]5CC(C)(C)CC[C@]5(C(=O)OC)CC[C@@]4(C)[C@]3(C)CC[C@H]2C(C)(C)C1=O.[C-]#[N+]C1=C[C@]2(C)C3=CC(=O)[C@@H]4[C@@H]5CC(C)(C)CC[C@]5(CC(=O)OC)CC[C@@]4(C)[C@]3(C)CC[C@H]2C(C)(C)C1=O.[C-]#[N+]C1=C[C@]2(C)[C@H]3CC(=O)[C@@H]4[C@@H]5CC(C)(C)CC[C@]5(C(=O)OC)CC[C@@]4(C)[C@]3(C)CC[C@H]2C(C)(C)C1=O. The molecule has 0 radical (unpaired) electrons. The first kappa shape index (κ1) is 112. The summed E-state index contributed by atoms with van der Waals surface area (Å²) in [5, 5.41) is 3.61. The second kappa shape index (κ2) is 35.2. The lowest BCUT2D eigenvalue weighted by atomic mass is 9.31. The Morgan fingerprint density at radius 3 is 0.987 bits per heavy atom. The molecule has 0 aromatic carbocycles. The van der Waals surface area contributed by atoms with Crippen LogP contribution in [0.2, 0.25) is 0 Å². The molecule has 1 amide bonds. The highest BCUT2D eigenvalue weighted by molar-refractivity contribution is 6.06. The molecule has 13 fully saturated rings. The monoisotopic (exact) mass is 2050 g/mol. The van der Waals surface area contributed by atoms with Gasteiger partial charge in [0.2, 0.25) is 28.7 Å². The third-order valence-electron chi connectivity index (χ3n) is 50.6. The number of Topliss-reactive ketones (excluding diaryl/α,β-unsaturated/α-hetero) is 5. The maximum Gasteiger partial charge on any atom is 0.312 e. The number of ketones is 8. The number of carbonyl (C=O) groups is 12. The van der Waals surface area contributed by atoms with Crippen molar-refractivity contribution in [1.29, 1.82) is 0 Å². The van der Waals surface area contributed by atoms with Crippen LogP contribution < -0.4 is 0 Å². The molecule has 0 N–H and O–H groups in total. The number of azide groups is 1. The van der Waals surface area contributed by atoms with E-state index in [0.29, 0.717) is 32.1 Å². The molecule has 0 saturated heterocycles. The summed E-state index contributed by atoms with van der Waals surface area (Å²) in [6.45, 7) is 92.2. The number of esters is 3. The molecule has 0 aromatic rings. The van der Waals surface area contributed by atoms with E-state index in [1.807, 2.05) is 97.9 Å². The first-order chi connectivity index (χ1) is 69.1. The van der Waals surface area contributed by atoms with Crippen molar-refractivity contribution in [1.82, 2.24) is 0 Å². The topological polar surface area (TPSA) is 299 Å². The zero-order chi connectivity index (χ0) is 111. The molecule has 22 nitrogen and oxygen atoms in total. The summed E-state index contributed by atoms with van der Waals surface area (Å²) in [6, 6.07) is 0. The highest BCUT2D eigenvalue weighted by Gasteiger charge is 2.79. The third-order valence-corrected chi connectivity index (χ3v) is 50.6. The highest BCUT2D eigenvalue weighted by atomic mass is 16.5. The Kier molecular flexibility index (Phi) is 26.3. The molecule has 29 atom stereocenters. The smallest absolute Gasteiger partial charge is 0.312 e. The summed E-state index contributed by atoms with van der Waals surface area (Å²) < 4.78 is 16.0. The molecule has 13 saturated carbocycles.